The average molecular weight is 158 g/mol. The molecule has 2 nitrogen and oxygen atoms in total. The van der Waals surface area contributed by atoms with Gasteiger partial charge in [-0.25, -0.2) is 0 Å². The fourth-order valence-electron chi connectivity index (χ4n) is 1.24. The Kier molecular flexibility index (Phi) is 1.74. The van der Waals surface area contributed by atoms with E-state index < -0.39 is 0 Å². The largest absolute Gasteiger partial charge is 0.360 e. The summed E-state index contributed by atoms with van der Waals surface area (Å²) in [5.41, 5.74) is 2.35. The van der Waals surface area contributed by atoms with Crippen molar-refractivity contribution in [2.75, 3.05) is 7.05 Å². The minimum Gasteiger partial charge on any atom is -0.360 e. The molecule has 2 heteroatoms. The third-order valence-corrected chi connectivity index (χ3v) is 1.87. The number of rotatable bonds is 1. The first kappa shape index (κ1) is 7.22. The molecular formula is C10H10N2. The van der Waals surface area contributed by atoms with Gasteiger partial charge in [-0.3, -0.25) is 0 Å². The highest BCUT2D eigenvalue weighted by Crippen LogP contribution is 2.20. The van der Waals surface area contributed by atoms with Crippen molar-refractivity contribution < 1.29 is 0 Å². The molecule has 0 bridgehead atoms. The second-order valence-electron chi connectivity index (χ2n) is 2.71. The molecule has 0 saturated carbocycles. The van der Waals surface area contributed by atoms with Crippen molar-refractivity contribution in [2.45, 2.75) is 0 Å². The number of nitrogens with one attached hydrogen (secondary N) is 1. The van der Waals surface area contributed by atoms with Gasteiger partial charge in [0, 0.05) is 13.2 Å². The highest BCUT2D eigenvalue weighted by atomic mass is 15.2. The van der Waals surface area contributed by atoms with Crippen molar-refractivity contribution in [2.24, 2.45) is 0 Å². The zero-order valence-electron chi connectivity index (χ0n) is 6.91. The van der Waals surface area contributed by atoms with Crippen LogP contribution in [0.1, 0.15) is 5.56 Å². The number of nitrogens with zero attached hydrogens (tertiary/aromatic N) is 1. The molecule has 1 heterocycles. The zero-order chi connectivity index (χ0) is 8.39. The molecule has 0 aromatic heterocycles. The Labute approximate surface area is 72.5 Å². The van der Waals surface area contributed by atoms with E-state index in [1.165, 1.54) is 5.56 Å². The van der Waals surface area contributed by atoms with Crippen LogP contribution in [-0.4, -0.2) is 11.9 Å². The van der Waals surface area contributed by atoms with Crippen molar-refractivity contribution in [1.82, 2.24) is 10.2 Å². The molecule has 60 valence electrons. The predicted molar refractivity (Wildman–Crippen MR) is 48.6 cm³/mol. The molecular weight excluding hydrogens is 148 g/mol. The summed E-state index contributed by atoms with van der Waals surface area (Å²) in [6.07, 6.45) is 1.94. The highest BCUT2D eigenvalue weighted by molar-refractivity contribution is 5.65. The number of hydrogen-bond donors (Lipinski definition) is 1. The molecule has 1 N–H and O–H groups in total. The smallest absolute Gasteiger partial charge is 0.205 e. The van der Waals surface area contributed by atoms with Crippen LogP contribution in [0, 0.1) is 6.67 Å². The van der Waals surface area contributed by atoms with Crippen LogP contribution >= 0.6 is 0 Å². The molecule has 0 atom stereocenters. The highest BCUT2D eigenvalue weighted by Gasteiger charge is 2.12. The van der Waals surface area contributed by atoms with Gasteiger partial charge in [0.2, 0.25) is 6.67 Å². The molecule has 0 amide bonds. The van der Waals surface area contributed by atoms with Gasteiger partial charge >= 0.3 is 0 Å². The van der Waals surface area contributed by atoms with E-state index in [4.69, 9.17) is 0 Å². The summed E-state index contributed by atoms with van der Waals surface area (Å²) in [5, 5.41) is 2.93. The second-order valence-corrected chi connectivity index (χ2v) is 2.71. The molecule has 0 unspecified atom stereocenters. The monoisotopic (exact) mass is 158 g/mol. The maximum Gasteiger partial charge on any atom is 0.205 e. The van der Waals surface area contributed by atoms with Crippen LogP contribution in [0.2, 0.25) is 0 Å². The van der Waals surface area contributed by atoms with Gasteiger partial charge < -0.3 is 10.2 Å². The summed E-state index contributed by atoms with van der Waals surface area (Å²) in [5.74, 6) is 0. The van der Waals surface area contributed by atoms with Gasteiger partial charge in [-0.1, -0.05) is 30.3 Å². The maximum absolute atomic E-state index is 2.96. The minimum absolute atomic E-state index is 1.15. The predicted octanol–water partition coefficient (Wildman–Crippen LogP) is 1.52. The lowest BCUT2D eigenvalue weighted by Crippen LogP contribution is -2.11. The van der Waals surface area contributed by atoms with Crippen LogP contribution in [0.4, 0.5) is 0 Å². The van der Waals surface area contributed by atoms with Crippen LogP contribution in [0.5, 0.6) is 0 Å². The lowest BCUT2D eigenvalue weighted by molar-refractivity contribution is 0.581. The van der Waals surface area contributed by atoms with E-state index in [0.717, 1.165) is 5.70 Å². The first-order chi connectivity index (χ1) is 5.88. The normalized spacial score (nSPS) is 15.8. The summed E-state index contributed by atoms with van der Waals surface area (Å²) >= 11 is 0. The average Bonchev–Trinajstić information content (AvgIpc) is 2.53. The fourth-order valence-corrected chi connectivity index (χ4v) is 1.24. The zero-order valence-corrected chi connectivity index (χ0v) is 6.91. The van der Waals surface area contributed by atoms with E-state index in [9.17, 15) is 0 Å². The van der Waals surface area contributed by atoms with E-state index in [2.05, 4.69) is 24.1 Å². The molecule has 1 aromatic rings. The molecule has 1 aliphatic rings. The van der Waals surface area contributed by atoms with E-state index >= 15 is 0 Å². The van der Waals surface area contributed by atoms with Crippen LogP contribution in [0.3, 0.4) is 0 Å². The molecule has 0 aliphatic carbocycles. The molecule has 1 aliphatic heterocycles. The van der Waals surface area contributed by atoms with Gasteiger partial charge in [-0.15, -0.1) is 0 Å². The quantitative estimate of drug-likeness (QED) is 0.666. The molecule has 12 heavy (non-hydrogen) atoms. The van der Waals surface area contributed by atoms with Crippen molar-refractivity contribution in [3.8, 4) is 0 Å². The lowest BCUT2D eigenvalue weighted by Gasteiger charge is -2.12. The van der Waals surface area contributed by atoms with Crippen molar-refractivity contribution in [3.63, 3.8) is 0 Å². The minimum atomic E-state index is 1.15. The Balaban J connectivity index is 2.31. The summed E-state index contributed by atoms with van der Waals surface area (Å²) in [7, 11) is 1.97. The molecule has 0 fully saturated rings. The van der Waals surface area contributed by atoms with E-state index in [1.54, 1.807) is 0 Å². The van der Waals surface area contributed by atoms with Gasteiger partial charge in [-0.2, -0.15) is 0 Å². The van der Waals surface area contributed by atoms with E-state index in [0.29, 0.717) is 0 Å². The SMILES string of the molecule is CN1[C]NC=C1c1ccccc1. The fraction of sp³-hybridized carbons (Fsp3) is 0.100. The van der Waals surface area contributed by atoms with Gasteiger partial charge in [-0.05, 0) is 5.56 Å². The van der Waals surface area contributed by atoms with Crippen LogP contribution in [0.15, 0.2) is 36.5 Å². The number of benzene rings is 1. The topological polar surface area (TPSA) is 15.3 Å². The first-order valence-corrected chi connectivity index (χ1v) is 3.88. The van der Waals surface area contributed by atoms with Crippen LogP contribution < -0.4 is 5.32 Å². The van der Waals surface area contributed by atoms with Crippen molar-refractivity contribution in [1.29, 1.82) is 0 Å². The Morgan fingerprint density at radius 1 is 1.25 bits per heavy atom. The standard InChI is InChI=1S/C10H10N2/c1-12-8-11-7-10(12)9-5-3-2-4-6-9/h2-7,11H,1H3. The van der Waals surface area contributed by atoms with Gasteiger partial charge in [0.1, 0.15) is 0 Å². The summed E-state index contributed by atoms with van der Waals surface area (Å²) in [6, 6.07) is 10.2. The van der Waals surface area contributed by atoms with Crippen LogP contribution in [0.25, 0.3) is 5.70 Å². The Bertz CT molecular complexity index is 290. The molecule has 0 spiro atoms. The summed E-state index contributed by atoms with van der Waals surface area (Å²) in [6.45, 7) is 2.96. The number of hydrogen-bond acceptors (Lipinski definition) is 2. The van der Waals surface area contributed by atoms with Gasteiger partial charge in [0.25, 0.3) is 0 Å². The van der Waals surface area contributed by atoms with E-state index in [-0.39, 0.29) is 0 Å². The molecule has 0 saturated heterocycles. The lowest BCUT2D eigenvalue weighted by atomic mass is 10.2. The van der Waals surface area contributed by atoms with Gasteiger partial charge in [0.15, 0.2) is 0 Å². The molecule has 2 radical (unpaired) electrons. The second kappa shape index (κ2) is 2.89. The molecule has 1 aromatic carbocycles. The Morgan fingerprint density at radius 2 is 2.00 bits per heavy atom. The third-order valence-electron chi connectivity index (χ3n) is 1.87. The first-order valence-electron chi connectivity index (χ1n) is 3.88. The van der Waals surface area contributed by atoms with E-state index in [1.807, 2.05) is 36.3 Å². The maximum atomic E-state index is 2.96. The molecule has 2 rings (SSSR count). The van der Waals surface area contributed by atoms with Crippen molar-refractivity contribution >= 4 is 5.70 Å². The summed E-state index contributed by atoms with van der Waals surface area (Å²) in [4.78, 5) is 1.94. The van der Waals surface area contributed by atoms with Crippen LogP contribution in [-0.2, 0) is 0 Å². The third kappa shape index (κ3) is 1.16. The van der Waals surface area contributed by atoms with Gasteiger partial charge in [0.05, 0.1) is 5.70 Å². The Hall–Kier alpha value is -1.44. The summed E-state index contributed by atoms with van der Waals surface area (Å²) < 4.78 is 0. The van der Waals surface area contributed by atoms with Crippen molar-refractivity contribution in [3.05, 3.63) is 48.8 Å². The Morgan fingerprint density at radius 3 is 2.58 bits per heavy atom.